The summed E-state index contributed by atoms with van der Waals surface area (Å²) in [7, 11) is 0. The van der Waals surface area contributed by atoms with Crippen LogP contribution in [0.4, 0.5) is 0 Å². The highest BCUT2D eigenvalue weighted by molar-refractivity contribution is 9.10. The van der Waals surface area contributed by atoms with Gasteiger partial charge in [0.25, 0.3) is 0 Å². The van der Waals surface area contributed by atoms with Crippen molar-refractivity contribution in [3.05, 3.63) is 27.7 Å². The number of hydrogen-bond acceptors (Lipinski definition) is 2. The van der Waals surface area contributed by atoms with Crippen LogP contribution in [0.3, 0.4) is 0 Å². The molecule has 0 aliphatic rings. The Bertz CT molecular complexity index is 359. The minimum atomic E-state index is 0.0258. The molecule has 1 rings (SSSR count). The summed E-state index contributed by atoms with van der Waals surface area (Å²) in [4.78, 5) is 11.3. The van der Waals surface area contributed by atoms with Gasteiger partial charge in [0.1, 0.15) is 5.75 Å². The Morgan fingerprint density at radius 1 is 1.50 bits per heavy atom. The first-order valence-corrected chi connectivity index (χ1v) is 5.29. The molecule has 2 nitrogen and oxygen atoms in total. The van der Waals surface area contributed by atoms with Gasteiger partial charge in [0, 0.05) is 4.47 Å². The maximum absolute atomic E-state index is 11.3. The number of benzene rings is 1. The summed E-state index contributed by atoms with van der Waals surface area (Å²) in [5.74, 6) is 0.723. The quantitative estimate of drug-likeness (QED) is 0.776. The molecule has 0 amide bonds. The van der Waals surface area contributed by atoms with E-state index in [2.05, 4.69) is 15.9 Å². The van der Waals surface area contributed by atoms with Crippen molar-refractivity contribution in [2.45, 2.75) is 20.8 Å². The second-order valence-electron chi connectivity index (χ2n) is 3.09. The van der Waals surface area contributed by atoms with Gasteiger partial charge in [0.15, 0.2) is 5.78 Å². The van der Waals surface area contributed by atoms with Gasteiger partial charge in [-0.1, -0.05) is 15.9 Å². The molecule has 0 atom stereocenters. The summed E-state index contributed by atoms with van der Waals surface area (Å²) >= 11 is 3.36. The van der Waals surface area contributed by atoms with Gasteiger partial charge in [-0.2, -0.15) is 0 Å². The zero-order valence-electron chi connectivity index (χ0n) is 8.56. The highest BCUT2D eigenvalue weighted by atomic mass is 79.9. The molecular formula is C11H13BrO2. The van der Waals surface area contributed by atoms with Crippen LogP contribution >= 0.6 is 15.9 Å². The van der Waals surface area contributed by atoms with Gasteiger partial charge in [-0.05, 0) is 38.5 Å². The summed E-state index contributed by atoms with van der Waals surface area (Å²) in [6.45, 7) is 5.96. The molecule has 0 radical (unpaired) electrons. The van der Waals surface area contributed by atoms with Gasteiger partial charge >= 0.3 is 0 Å². The fraction of sp³-hybridized carbons (Fsp3) is 0.364. The molecular weight excluding hydrogens is 244 g/mol. The van der Waals surface area contributed by atoms with E-state index in [1.807, 2.05) is 19.9 Å². The smallest absolute Gasteiger partial charge is 0.163 e. The fourth-order valence-electron chi connectivity index (χ4n) is 1.33. The normalized spacial score (nSPS) is 10.0. The van der Waals surface area contributed by atoms with E-state index in [1.54, 1.807) is 13.0 Å². The fourth-order valence-corrected chi connectivity index (χ4v) is 1.90. The first-order chi connectivity index (χ1) is 6.56. The topological polar surface area (TPSA) is 26.3 Å². The van der Waals surface area contributed by atoms with E-state index in [1.165, 1.54) is 0 Å². The minimum Gasteiger partial charge on any atom is -0.493 e. The lowest BCUT2D eigenvalue weighted by atomic mass is 10.1. The molecule has 0 saturated heterocycles. The lowest BCUT2D eigenvalue weighted by Crippen LogP contribution is -2.02. The van der Waals surface area contributed by atoms with E-state index < -0.39 is 0 Å². The molecule has 1 aromatic rings. The summed E-state index contributed by atoms with van der Waals surface area (Å²) in [6, 6.07) is 3.73. The molecule has 0 N–H and O–H groups in total. The van der Waals surface area contributed by atoms with Gasteiger partial charge in [0.05, 0.1) is 12.2 Å². The van der Waals surface area contributed by atoms with Gasteiger partial charge in [0.2, 0.25) is 0 Å². The van der Waals surface area contributed by atoms with Crippen molar-refractivity contribution < 1.29 is 9.53 Å². The Morgan fingerprint density at radius 3 is 2.64 bits per heavy atom. The first kappa shape index (κ1) is 11.2. The molecule has 1 aromatic carbocycles. The predicted molar refractivity (Wildman–Crippen MR) is 60.1 cm³/mol. The van der Waals surface area contributed by atoms with E-state index in [4.69, 9.17) is 4.74 Å². The largest absolute Gasteiger partial charge is 0.493 e. The Balaban J connectivity index is 3.28. The predicted octanol–water partition coefficient (Wildman–Crippen LogP) is 3.36. The van der Waals surface area contributed by atoms with Crippen molar-refractivity contribution >= 4 is 21.7 Å². The molecule has 76 valence electrons. The van der Waals surface area contributed by atoms with Crippen LogP contribution in [0.15, 0.2) is 16.6 Å². The average Bonchev–Trinajstić information content (AvgIpc) is 2.09. The van der Waals surface area contributed by atoms with Crippen LogP contribution in [-0.2, 0) is 0 Å². The number of aryl methyl sites for hydroxylation is 1. The van der Waals surface area contributed by atoms with Crippen LogP contribution in [0.1, 0.15) is 29.8 Å². The number of Topliss-reactive ketones (excluding diaryl/α,β-unsaturated/α-hetero) is 1. The van der Waals surface area contributed by atoms with Gasteiger partial charge in [-0.15, -0.1) is 0 Å². The second kappa shape index (κ2) is 4.60. The third-order valence-electron chi connectivity index (χ3n) is 1.91. The number of carbonyl (C=O) groups excluding carboxylic acids is 1. The molecule has 0 unspecified atom stereocenters. The highest BCUT2D eigenvalue weighted by Crippen LogP contribution is 2.28. The van der Waals surface area contributed by atoms with Crippen LogP contribution in [0.5, 0.6) is 5.75 Å². The Labute approximate surface area is 92.4 Å². The third-order valence-corrected chi connectivity index (χ3v) is 2.37. The molecule has 14 heavy (non-hydrogen) atoms. The average molecular weight is 257 g/mol. The minimum absolute atomic E-state index is 0.0258. The van der Waals surface area contributed by atoms with Crippen LogP contribution in [0.25, 0.3) is 0 Å². The third kappa shape index (κ3) is 2.35. The summed E-state index contributed by atoms with van der Waals surface area (Å²) in [6.07, 6.45) is 0. The molecule has 0 saturated carbocycles. The number of rotatable bonds is 3. The lowest BCUT2D eigenvalue weighted by Gasteiger charge is -2.11. The Kier molecular flexibility index (Phi) is 3.69. The molecule has 0 aliphatic heterocycles. The number of ketones is 1. The van der Waals surface area contributed by atoms with Gasteiger partial charge < -0.3 is 4.74 Å². The van der Waals surface area contributed by atoms with Crippen LogP contribution in [0.2, 0.25) is 0 Å². The van der Waals surface area contributed by atoms with E-state index in [-0.39, 0.29) is 5.78 Å². The number of carbonyl (C=O) groups is 1. The van der Waals surface area contributed by atoms with Crippen LogP contribution in [0, 0.1) is 6.92 Å². The Hall–Kier alpha value is -0.830. The molecule has 3 heteroatoms. The molecule has 0 fully saturated rings. The molecule has 0 bridgehead atoms. The molecule has 0 spiro atoms. The number of halogens is 1. The zero-order chi connectivity index (χ0) is 10.7. The van der Waals surface area contributed by atoms with E-state index in [9.17, 15) is 4.79 Å². The summed E-state index contributed by atoms with van der Waals surface area (Å²) < 4.78 is 6.35. The molecule has 0 aromatic heterocycles. The van der Waals surface area contributed by atoms with Crippen molar-refractivity contribution in [1.29, 1.82) is 0 Å². The Morgan fingerprint density at radius 2 is 2.14 bits per heavy atom. The van der Waals surface area contributed by atoms with Crippen LogP contribution in [-0.4, -0.2) is 12.4 Å². The van der Waals surface area contributed by atoms with Crippen LogP contribution < -0.4 is 4.74 Å². The monoisotopic (exact) mass is 256 g/mol. The van der Waals surface area contributed by atoms with E-state index >= 15 is 0 Å². The second-order valence-corrected chi connectivity index (χ2v) is 4.00. The summed E-state index contributed by atoms with van der Waals surface area (Å²) in [5.41, 5.74) is 1.62. The van der Waals surface area contributed by atoms with Crippen molar-refractivity contribution in [3.63, 3.8) is 0 Å². The van der Waals surface area contributed by atoms with Crippen molar-refractivity contribution in [1.82, 2.24) is 0 Å². The van der Waals surface area contributed by atoms with Crippen molar-refractivity contribution in [2.24, 2.45) is 0 Å². The zero-order valence-corrected chi connectivity index (χ0v) is 10.1. The van der Waals surface area contributed by atoms with Gasteiger partial charge in [-0.25, -0.2) is 0 Å². The highest BCUT2D eigenvalue weighted by Gasteiger charge is 2.11. The van der Waals surface area contributed by atoms with Crippen molar-refractivity contribution in [2.75, 3.05) is 6.61 Å². The van der Waals surface area contributed by atoms with Gasteiger partial charge in [-0.3, -0.25) is 4.79 Å². The standard InChI is InChI=1S/C11H13BrO2/c1-4-14-11-7(2)5-9(12)6-10(11)8(3)13/h5-6H,4H2,1-3H3. The van der Waals surface area contributed by atoms with E-state index in [0.29, 0.717) is 17.9 Å². The lowest BCUT2D eigenvalue weighted by molar-refractivity contribution is 0.101. The maximum atomic E-state index is 11.3. The number of ether oxygens (including phenoxy) is 1. The maximum Gasteiger partial charge on any atom is 0.163 e. The SMILES string of the molecule is CCOc1c(C)cc(Br)cc1C(C)=O. The van der Waals surface area contributed by atoms with Crippen molar-refractivity contribution in [3.8, 4) is 5.75 Å². The molecule has 0 heterocycles. The summed E-state index contributed by atoms with van der Waals surface area (Å²) in [5, 5.41) is 0. The van der Waals surface area contributed by atoms with E-state index in [0.717, 1.165) is 10.0 Å². The molecule has 0 aliphatic carbocycles. The first-order valence-electron chi connectivity index (χ1n) is 4.50. The number of hydrogen-bond donors (Lipinski definition) is 0.